The number of nitrogens with zero attached hydrogens (tertiary/aromatic N) is 1. The van der Waals surface area contributed by atoms with Crippen LogP contribution < -0.4 is 4.74 Å². The molecule has 0 aliphatic rings. The van der Waals surface area contributed by atoms with Gasteiger partial charge in [0.1, 0.15) is 8.30 Å². The lowest BCUT2D eigenvalue weighted by Crippen LogP contribution is -2.19. The molecule has 0 amide bonds. The molecule has 1 aromatic rings. The van der Waals surface area contributed by atoms with Gasteiger partial charge in [-0.3, -0.25) is 0 Å². The Hall–Kier alpha value is -0.0500. The van der Waals surface area contributed by atoms with Gasteiger partial charge in [0.15, 0.2) is 12.4 Å². The summed E-state index contributed by atoms with van der Waals surface area (Å²) in [6.07, 6.45) is -4.33. The fraction of sp³-hybridized carbons (Fsp3) is 0.286. The van der Waals surface area contributed by atoms with Gasteiger partial charge in [-0.25, -0.2) is 4.98 Å². The molecule has 0 atom stereocenters. The quantitative estimate of drug-likeness (QED) is 0.578. The van der Waals surface area contributed by atoms with Gasteiger partial charge >= 0.3 is 6.18 Å². The second-order valence-corrected chi connectivity index (χ2v) is 4.18. The standard InChI is InChI=1S/C7H4BrF3INO/c8-6-4(1-2-5(12)13-6)14-3-7(9,10)11/h1-2H,3H2. The highest BCUT2D eigenvalue weighted by molar-refractivity contribution is 14.1. The van der Waals surface area contributed by atoms with E-state index < -0.39 is 12.8 Å². The van der Waals surface area contributed by atoms with E-state index in [1.54, 1.807) is 6.07 Å². The fourth-order valence-electron chi connectivity index (χ4n) is 0.667. The monoisotopic (exact) mass is 381 g/mol. The number of ether oxygens (including phenoxy) is 1. The number of hydrogen-bond donors (Lipinski definition) is 0. The maximum atomic E-state index is 11.8. The van der Waals surface area contributed by atoms with E-state index in [4.69, 9.17) is 0 Å². The smallest absolute Gasteiger partial charge is 0.422 e. The van der Waals surface area contributed by atoms with Crippen LogP contribution in [0, 0.1) is 3.70 Å². The molecule has 0 unspecified atom stereocenters. The average Bonchev–Trinajstić information content (AvgIpc) is 2.00. The first-order valence-electron chi connectivity index (χ1n) is 3.40. The minimum absolute atomic E-state index is 0.0859. The van der Waals surface area contributed by atoms with E-state index in [0.717, 1.165) is 0 Å². The van der Waals surface area contributed by atoms with Gasteiger partial charge in [-0.15, -0.1) is 0 Å². The predicted molar refractivity (Wildman–Crippen MR) is 56.2 cm³/mol. The molecular weight excluding hydrogens is 378 g/mol. The summed E-state index contributed by atoms with van der Waals surface area (Å²) in [6, 6.07) is 3.00. The number of alkyl halides is 3. The summed E-state index contributed by atoms with van der Waals surface area (Å²) in [5.41, 5.74) is 0. The van der Waals surface area contributed by atoms with Crippen LogP contribution in [0.1, 0.15) is 0 Å². The maximum absolute atomic E-state index is 11.8. The largest absolute Gasteiger partial charge is 0.481 e. The van der Waals surface area contributed by atoms with E-state index in [1.165, 1.54) is 6.07 Å². The minimum Gasteiger partial charge on any atom is -0.481 e. The molecule has 0 bridgehead atoms. The first-order chi connectivity index (χ1) is 6.38. The second-order valence-electron chi connectivity index (χ2n) is 2.33. The van der Waals surface area contributed by atoms with Crippen LogP contribution in [0.25, 0.3) is 0 Å². The van der Waals surface area contributed by atoms with Crippen molar-refractivity contribution in [3.63, 3.8) is 0 Å². The molecule has 1 aromatic heterocycles. The van der Waals surface area contributed by atoms with Crippen molar-refractivity contribution in [3.05, 3.63) is 20.4 Å². The van der Waals surface area contributed by atoms with Gasteiger partial charge in [-0.05, 0) is 50.7 Å². The van der Waals surface area contributed by atoms with E-state index in [2.05, 4.69) is 25.7 Å². The molecular formula is C7H4BrF3INO. The SMILES string of the molecule is FC(F)(F)COc1ccc(I)nc1Br. The summed E-state index contributed by atoms with van der Waals surface area (Å²) in [6.45, 7) is -1.31. The van der Waals surface area contributed by atoms with Crippen molar-refractivity contribution in [3.8, 4) is 5.75 Å². The molecule has 0 saturated carbocycles. The van der Waals surface area contributed by atoms with Crippen molar-refractivity contribution in [2.45, 2.75) is 6.18 Å². The zero-order chi connectivity index (χ0) is 10.8. The molecule has 1 rings (SSSR count). The number of pyridine rings is 1. The van der Waals surface area contributed by atoms with Crippen LogP contribution in [0.3, 0.4) is 0 Å². The molecule has 1 heterocycles. The van der Waals surface area contributed by atoms with Gasteiger partial charge in [0.05, 0.1) is 0 Å². The Labute approximate surface area is 100 Å². The predicted octanol–water partition coefficient (Wildman–Crippen LogP) is 3.39. The first kappa shape index (κ1) is 12.0. The normalized spacial score (nSPS) is 11.5. The number of hydrogen-bond acceptors (Lipinski definition) is 2. The Kier molecular flexibility index (Phi) is 3.99. The molecule has 0 aliphatic carbocycles. The zero-order valence-corrected chi connectivity index (χ0v) is 10.4. The molecule has 0 aromatic carbocycles. The average molecular weight is 382 g/mol. The van der Waals surface area contributed by atoms with Crippen LogP contribution >= 0.6 is 38.5 Å². The van der Waals surface area contributed by atoms with Gasteiger partial charge < -0.3 is 4.74 Å². The first-order valence-corrected chi connectivity index (χ1v) is 5.27. The number of rotatable bonds is 2. The van der Waals surface area contributed by atoms with Crippen molar-refractivity contribution in [2.75, 3.05) is 6.61 Å². The molecule has 14 heavy (non-hydrogen) atoms. The highest BCUT2D eigenvalue weighted by Crippen LogP contribution is 2.25. The number of halogens is 5. The van der Waals surface area contributed by atoms with Gasteiger partial charge in [0.25, 0.3) is 0 Å². The summed E-state index contributed by atoms with van der Waals surface area (Å²) in [4.78, 5) is 3.89. The molecule has 0 saturated heterocycles. The third-order valence-electron chi connectivity index (χ3n) is 1.17. The Morgan fingerprint density at radius 1 is 1.43 bits per heavy atom. The molecule has 0 radical (unpaired) electrons. The van der Waals surface area contributed by atoms with Crippen LogP contribution in [0.2, 0.25) is 0 Å². The Morgan fingerprint density at radius 3 is 2.57 bits per heavy atom. The molecule has 7 heteroatoms. The van der Waals surface area contributed by atoms with E-state index in [-0.39, 0.29) is 10.4 Å². The third-order valence-corrected chi connectivity index (χ3v) is 2.34. The topological polar surface area (TPSA) is 22.1 Å². The summed E-state index contributed by atoms with van der Waals surface area (Å²) in [7, 11) is 0. The molecule has 0 spiro atoms. The van der Waals surface area contributed by atoms with Crippen molar-refractivity contribution in [2.24, 2.45) is 0 Å². The molecule has 0 fully saturated rings. The molecule has 0 N–H and O–H groups in total. The van der Waals surface area contributed by atoms with Crippen LogP contribution in [0.15, 0.2) is 16.7 Å². The summed E-state index contributed by atoms with van der Waals surface area (Å²) >= 11 is 4.95. The molecule has 78 valence electrons. The van der Waals surface area contributed by atoms with Crippen molar-refractivity contribution in [1.29, 1.82) is 0 Å². The fourth-order valence-corrected chi connectivity index (χ4v) is 1.86. The van der Waals surface area contributed by atoms with E-state index >= 15 is 0 Å². The number of aromatic nitrogens is 1. The summed E-state index contributed by atoms with van der Waals surface area (Å²) in [5, 5.41) is 0. The van der Waals surface area contributed by atoms with Crippen LogP contribution in [-0.2, 0) is 0 Å². The van der Waals surface area contributed by atoms with Crippen molar-refractivity contribution >= 4 is 38.5 Å². The van der Waals surface area contributed by atoms with Crippen LogP contribution in [0.4, 0.5) is 13.2 Å². The van der Waals surface area contributed by atoms with Crippen LogP contribution in [-0.4, -0.2) is 17.8 Å². The zero-order valence-electron chi connectivity index (χ0n) is 6.61. The van der Waals surface area contributed by atoms with E-state index in [9.17, 15) is 13.2 Å². The Morgan fingerprint density at radius 2 is 2.07 bits per heavy atom. The summed E-state index contributed by atoms with van der Waals surface area (Å²) in [5.74, 6) is 0.0859. The molecule has 0 aliphatic heterocycles. The Bertz CT molecular complexity index is 331. The van der Waals surface area contributed by atoms with Crippen molar-refractivity contribution < 1.29 is 17.9 Å². The maximum Gasteiger partial charge on any atom is 0.422 e. The van der Waals surface area contributed by atoms with Crippen LogP contribution in [0.5, 0.6) is 5.75 Å². The Balaban J connectivity index is 2.68. The lowest BCUT2D eigenvalue weighted by atomic mass is 10.5. The highest BCUT2D eigenvalue weighted by atomic mass is 127. The van der Waals surface area contributed by atoms with E-state index in [1.807, 2.05) is 22.6 Å². The minimum atomic E-state index is -4.33. The van der Waals surface area contributed by atoms with Crippen molar-refractivity contribution in [1.82, 2.24) is 4.98 Å². The summed E-state index contributed by atoms with van der Waals surface area (Å²) < 4.78 is 40.8. The van der Waals surface area contributed by atoms with Gasteiger partial charge in [-0.1, -0.05) is 0 Å². The van der Waals surface area contributed by atoms with Gasteiger partial charge in [0.2, 0.25) is 0 Å². The lowest BCUT2D eigenvalue weighted by molar-refractivity contribution is -0.153. The second kappa shape index (κ2) is 4.65. The highest BCUT2D eigenvalue weighted by Gasteiger charge is 2.28. The third kappa shape index (κ3) is 3.99. The van der Waals surface area contributed by atoms with Gasteiger partial charge in [0, 0.05) is 0 Å². The molecule has 2 nitrogen and oxygen atoms in total. The van der Waals surface area contributed by atoms with Gasteiger partial charge in [-0.2, -0.15) is 13.2 Å². The van der Waals surface area contributed by atoms with E-state index in [0.29, 0.717) is 3.70 Å². The lowest BCUT2D eigenvalue weighted by Gasteiger charge is -2.09.